The fraction of sp³-hybridized carbons (Fsp3) is 0.269. The van der Waals surface area contributed by atoms with Crippen LogP contribution in [-0.4, -0.2) is 38.2 Å². The van der Waals surface area contributed by atoms with Crippen LogP contribution in [0.15, 0.2) is 61.7 Å². The number of rotatable bonds is 6. The third-order valence-electron chi connectivity index (χ3n) is 6.24. The molecule has 35 heavy (non-hydrogen) atoms. The first-order valence-electron chi connectivity index (χ1n) is 11.5. The van der Waals surface area contributed by atoms with Gasteiger partial charge in [-0.25, -0.2) is 0 Å². The first-order valence-corrected chi connectivity index (χ1v) is 11.5. The highest BCUT2D eigenvalue weighted by atomic mass is 19.4. The highest BCUT2D eigenvalue weighted by Gasteiger charge is 2.33. The summed E-state index contributed by atoms with van der Waals surface area (Å²) in [6.45, 7) is 7.02. The van der Waals surface area contributed by atoms with Gasteiger partial charge < -0.3 is 5.32 Å². The number of halogens is 3. The number of pyridine rings is 2. The van der Waals surface area contributed by atoms with Crippen LogP contribution in [0.5, 0.6) is 0 Å². The van der Waals surface area contributed by atoms with E-state index in [-0.39, 0.29) is 11.4 Å². The van der Waals surface area contributed by atoms with Crippen LogP contribution in [0.25, 0.3) is 27.7 Å². The molecule has 5 rings (SSSR count). The molecule has 1 aromatic carbocycles. The van der Waals surface area contributed by atoms with E-state index in [1.54, 1.807) is 0 Å². The minimum absolute atomic E-state index is 0.174. The van der Waals surface area contributed by atoms with Crippen LogP contribution in [0.1, 0.15) is 36.1 Å². The zero-order valence-corrected chi connectivity index (χ0v) is 19.1. The maximum Gasteiger partial charge on any atom is 0.418 e. The Hall–Kier alpha value is -3.72. The summed E-state index contributed by atoms with van der Waals surface area (Å²) in [4.78, 5) is 10.7. The van der Waals surface area contributed by atoms with E-state index in [2.05, 4.69) is 43.0 Å². The number of nitrogens with zero attached hydrogens (tertiary/aromatic N) is 4. The van der Waals surface area contributed by atoms with Gasteiger partial charge in [-0.1, -0.05) is 19.1 Å². The first-order chi connectivity index (χ1) is 16.9. The largest absolute Gasteiger partial charge is 0.418 e. The molecule has 9 heteroatoms. The molecule has 1 fully saturated rings. The maximum atomic E-state index is 13.4. The lowest BCUT2D eigenvalue weighted by Crippen LogP contribution is -2.29. The summed E-state index contributed by atoms with van der Waals surface area (Å²) >= 11 is 0. The van der Waals surface area contributed by atoms with Gasteiger partial charge in [0.2, 0.25) is 0 Å². The van der Waals surface area contributed by atoms with Crippen LogP contribution in [-0.2, 0) is 12.7 Å². The van der Waals surface area contributed by atoms with Gasteiger partial charge in [-0.2, -0.15) is 18.3 Å². The Labute approximate surface area is 200 Å². The third-order valence-corrected chi connectivity index (χ3v) is 6.24. The summed E-state index contributed by atoms with van der Waals surface area (Å²) in [5.74, 6) is 0. The number of piperidine rings is 1. The summed E-state index contributed by atoms with van der Waals surface area (Å²) in [6, 6.07) is 8.90. The van der Waals surface area contributed by atoms with Gasteiger partial charge in [-0.3, -0.25) is 20.0 Å². The molecule has 6 nitrogen and oxygen atoms in total. The van der Waals surface area contributed by atoms with Crippen molar-refractivity contribution in [1.29, 1.82) is 0 Å². The van der Waals surface area contributed by atoms with E-state index in [0.717, 1.165) is 65.7 Å². The fourth-order valence-corrected chi connectivity index (χ4v) is 4.49. The molecule has 1 saturated heterocycles. The van der Waals surface area contributed by atoms with E-state index in [9.17, 15) is 13.2 Å². The van der Waals surface area contributed by atoms with Gasteiger partial charge in [-0.15, -0.1) is 0 Å². The molecular formula is C26H25F3N6. The topological polar surface area (TPSA) is 69.7 Å². The van der Waals surface area contributed by atoms with Gasteiger partial charge in [0.1, 0.15) is 5.69 Å². The van der Waals surface area contributed by atoms with Crippen LogP contribution >= 0.6 is 0 Å². The molecule has 0 amide bonds. The van der Waals surface area contributed by atoms with Crippen LogP contribution < -0.4 is 5.32 Å². The second-order valence-electron chi connectivity index (χ2n) is 8.77. The number of alkyl halides is 3. The second kappa shape index (κ2) is 9.50. The van der Waals surface area contributed by atoms with Crippen molar-refractivity contribution in [3.8, 4) is 11.1 Å². The van der Waals surface area contributed by atoms with Gasteiger partial charge in [0.15, 0.2) is 0 Å². The number of aromatic amines is 1. The van der Waals surface area contributed by atoms with Crippen molar-refractivity contribution in [1.82, 2.24) is 25.1 Å². The number of nitrogens with one attached hydrogen (secondary N) is 2. The minimum atomic E-state index is -4.52. The summed E-state index contributed by atoms with van der Waals surface area (Å²) in [7, 11) is 0. The van der Waals surface area contributed by atoms with Crippen LogP contribution in [0, 0.1) is 0 Å². The molecular weight excluding hydrogens is 453 g/mol. The Bertz CT molecular complexity index is 1350. The maximum absolute atomic E-state index is 13.4. The molecule has 0 radical (unpaired) electrons. The van der Waals surface area contributed by atoms with E-state index in [0.29, 0.717) is 5.69 Å². The molecule has 0 aliphatic carbocycles. The number of likely N-dealkylation sites (tertiary alicyclic amines) is 1. The monoisotopic (exact) mass is 478 g/mol. The number of hydrogen-bond acceptors (Lipinski definition) is 5. The molecule has 0 bridgehead atoms. The number of fused-ring (bicyclic) bond motifs is 1. The number of benzene rings is 1. The average molecular weight is 479 g/mol. The second-order valence-corrected chi connectivity index (χ2v) is 8.77. The van der Waals surface area contributed by atoms with Gasteiger partial charge in [0.05, 0.1) is 28.7 Å². The molecule has 4 aromatic rings. The highest BCUT2D eigenvalue weighted by molar-refractivity contribution is 5.95. The number of hydrogen-bond donors (Lipinski definition) is 2. The van der Waals surface area contributed by atoms with E-state index < -0.39 is 11.7 Å². The Morgan fingerprint density at radius 1 is 1.00 bits per heavy atom. The molecule has 0 spiro atoms. The average Bonchev–Trinajstić information content (AvgIpc) is 3.28. The van der Waals surface area contributed by atoms with Crippen molar-refractivity contribution >= 4 is 22.3 Å². The number of H-pyrrole nitrogens is 1. The van der Waals surface area contributed by atoms with Crippen LogP contribution in [0.2, 0.25) is 0 Å². The molecule has 2 N–H and O–H groups in total. The van der Waals surface area contributed by atoms with Crippen LogP contribution in [0.4, 0.5) is 18.9 Å². The SMILES string of the molecule is C=C(Nc1cnccc1C(F)(F)F)c1n[nH]c2ccc(-c3cncc(CN4CCCCC4)c3)cc12. The summed E-state index contributed by atoms with van der Waals surface area (Å²) in [5.41, 5.74) is 3.51. The standard InChI is InChI=1S/C26H25F3N6/c1-17(32-24-15-30-8-7-22(24)26(27,28)29)25-21-12-19(5-6-23(21)33-34-25)20-11-18(13-31-14-20)16-35-9-3-2-4-10-35/h5-8,11-15,32H,1-4,9-10,16H2,(H,33,34). The first kappa shape index (κ1) is 23.0. The van der Waals surface area contributed by atoms with E-state index in [4.69, 9.17) is 0 Å². The molecule has 180 valence electrons. The van der Waals surface area contributed by atoms with Crippen LogP contribution in [0.3, 0.4) is 0 Å². The van der Waals surface area contributed by atoms with Crippen molar-refractivity contribution in [2.45, 2.75) is 32.0 Å². The van der Waals surface area contributed by atoms with Gasteiger partial charge in [-0.05, 0) is 61.3 Å². The molecule has 1 aliphatic heterocycles. The van der Waals surface area contributed by atoms with Crippen molar-refractivity contribution in [3.05, 3.63) is 78.5 Å². The number of anilines is 1. The Morgan fingerprint density at radius 3 is 2.63 bits per heavy atom. The number of aromatic nitrogens is 4. The zero-order chi connectivity index (χ0) is 24.4. The van der Waals surface area contributed by atoms with E-state index >= 15 is 0 Å². The normalized spacial score (nSPS) is 14.8. The molecule has 0 unspecified atom stereocenters. The van der Waals surface area contributed by atoms with E-state index in [1.807, 2.05) is 30.6 Å². The predicted molar refractivity (Wildman–Crippen MR) is 130 cm³/mol. The van der Waals surface area contributed by atoms with Gasteiger partial charge >= 0.3 is 6.18 Å². The Morgan fingerprint density at radius 2 is 1.83 bits per heavy atom. The lowest BCUT2D eigenvalue weighted by Gasteiger charge is -2.26. The van der Waals surface area contributed by atoms with Crippen molar-refractivity contribution in [2.24, 2.45) is 0 Å². The van der Waals surface area contributed by atoms with Gasteiger partial charge in [0, 0.05) is 36.1 Å². The lowest BCUT2D eigenvalue weighted by molar-refractivity contribution is -0.137. The summed E-state index contributed by atoms with van der Waals surface area (Å²) < 4.78 is 40.2. The summed E-state index contributed by atoms with van der Waals surface area (Å²) in [6.07, 6.45) is 5.20. The highest BCUT2D eigenvalue weighted by Crippen LogP contribution is 2.36. The Balaban J connectivity index is 1.42. The smallest absolute Gasteiger partial charge is 0.352 e. The zero-order valence-electron chi connectivity index (χ0n) is 19.1. The van der Waals surface area contributed by atoms with E-state index in [1.165, 1.54) is 19.3 Å². The molecule has 4 heterocycles. The lowest BCUT2D eigenvalue weighted by atomic mass is 10.0. The predicted octanol–water partition coefficient (Wildman–Crippen LogP) is 6.11. The van der Waals surface area contributed by atoms with Crippen molar-refractivity contribution < 1.29 is 13.2 Å². The minimum Gasteiger partial charge on any atom is -0.352 e. The molecule has 0 saturated carbocycles. The quantitative estimate of drug-likeness (QED) is 0.350. The molecule has 0 atom stereocenters. The Kier molecular flexibility index (Phi) is 6.25. The summed E-state index contributed by atoms with van der Waals surface area (Å²) in [5, 5.41) is 10.7. The molecule has 3 aromatic heterocycles. The third kappa shape index (κ3) is 5.05. The van der Waals surface area contributed by atoms with Crippen molar-refractivity contribution in [2.75, 3.05) is 18.4 Å². The molecule has 1 aliphatic rings. The van der Waals surface area contributed by atoms with Crippen molar-refractivity contribution in [3.63, 3.8) is 0 Å². The van der Waals surface area contributed by atoms with Gasteiger partial charge in [0.25, 0.3) is 0 Å². The fourth-order valence-electron chi connectivity index (χ4n) is 4.49.